The maximum absolute atomic E-state index is 5.98. The molecule has 2 aromatic rings. The Hall–Kier alpha value is -1.23. The van der Waals surface area contributed by atoms with Gasteiger partial charge in [-0.3, -0.25) is 0 Å². The predicted octanol–water partition coefficient (Wildman–Crippen LogP) is 3.88. The molecule has 0 aliphatic heterocycles. The van der Waals surface area contributed by atoms with Crippen LogP contribution in [0.2, 0.25) is 10.0 Å². The van der Waals surface area contributed by atoms with Crippen LogP contribution in [0.3, 0.4) is 0 Å². The van der Waals surface area contributed by atoms with Crippen molar-refractivity contribution in [3.63, 3.8) is 0 Å². The van der Waals surface area contributed by atoms with E-state index in [1.807, 2.05) is 6.92 Å². The molecule has 0 atom stereocenters. The number of ether oxygens (including phenoxy) is 1. The Balaban J connectivity index is 2.06. The van der Waals surface area contributed by atoms with Crippen molar-refractivity contribution in [2.75, 3.05) is 6.54 Å². The number of aromatic nitrogens is 1. The minimum Gasteiger partial charge on any atom is -0.417 e. The van der Waals surface area contributed by atoms with Crippen molar-refractivity contribution in [2.45, 2.75) is 13.5 Å². The van der Waals surface area contributed by atoms with Crippen LogP contribution in [0.15, 0.2) is 28.9 Å². The first-order chi connectivity index (χ1) is 8.69. The molecule has 0 aliphatic carbocycles. The standard InChI is InChI=1S/C12H12Cl2N2O2/c1-2-15-6-9-7-17-12(16-9)18-11-4-3-8(13)5-10(11)14/h3-5,7,15H,2,6H2,1H3. The van der Waals surface area contributed by atoms with E-state index in [9.17, 15) is 0 Å². The molecule has 1 heterocycles. The van der Waals surface area contributed by atoms with Gasteiger partial charge in [-0.25, -0.2) is 0 Å². The lowest BCUT2D eigenvalue weighted by molar-refractivity contribution is 0.331. The molecule has 1 aromatic heterocycles. The van der Waals surface area contributed by atoms with Crippen LogP contribution in [0.5, 0.6) is 11.8 Å². The van der Waals surface area contributed by atoms with E-state index in [2.05, 4.69) is 10.3 Å². The van der Waals surface area contributed by atoms with Gasteiger partial charge in [0.25, 0.3) is 0 Å². The zero-order chi connectivity index (χ0) is 13.0. The molecule has 4 nitrogen and oxygen atoms in total. The zero-order valence-corrected chi connectivity index (χ0v) is 11.3. The zero-order valence-electron chi connectivity index (χ0n) is 9.74. The summed E-state index contributed by atoms with van der Waals surface area (Å²) in [6.07, 6.45) is 1.70. The summed E-state index contributed by atoms with van der Waals surface area (Å²) in [7, 11) is 0. The summed E-state index contributed by atoms with van der Waals surface area (Å²) in [4.78, 5) is 4.16. The number of halogens is 2. The van der Waals surface area contributed by atoms with Crippen LogP contribution in [0.4, 0.5) is 0 Å². The summed E-state index contributed by atoms with van der Waals surface area (Å²) in [5.41, 5.74) is 0.775. The minimum atomic E-state index is 0.159. The third-order valence-electron chi connectivity index (χ3n) is 2.18. The van der Waals surface area contributed by atoms with Gasteiger partial charge in [-0.15, -0.1) is 0 Å². The van der Waals surface area contributed by atoms with Crippen molar-refractivity contribution in [1.29, 1.82) is 0 Å². The Morgan fingerprint density at radius 2 is 2.22 bits per heavy atom. The monoisotopic (exact) mass is 286 g/mol. The fourth-order valence-corrected chi connectivity index (χ4v) is 1.77. The molecule has 0 aliphatic rings. The van der Waals surface area contributed by atoms with E-state index in [1.54, 1.807) is 24.5 Å². The highest BCUT2D eigenvalue weighted by Gasteiger charge is 2.09. The van der Waals surface area contributed by atoms with E-state index in [0.717, 1.165) is 12.2 Å². The molecule has 0 fully saturated rings. The van der Waals surface area contributed by atoms with E-state index < -0.39 is 0 Å². The molecule has 0 radical (unpaired) electrons. The Morgan fingerprint density at radius 3 is 2.94 bits per heavy atom. The molecule has 0 spiro atoms. The van der Waals surface area contributed by atoms with Gasteiger partial charge in [0.1, 0.15) is 6.26 Å². The topological polar surface area (TPSA) is 47.3 Å². The van der Waals surface area contributed by atoms with Crippen LogP contribution in [-0.4, -0.2) is 11.5 Å². The largest absolute Gasteiger partial charge is 0.417 e. The van der Waals surface area contributed by atoms with E-state index in [1.165, 1.54) is 0 Å². The van der Waals surface area contributed by atoms with Crippen molar-refractivity contribution in [3.05, 3.63) is 40.2 Å². The highest BCUT2D eigenvalue weighted by Crippen LogP contribution is 2.31. The molecule has 0 amide bonds. The molecule has 6 heteroatoms. The van der Waals surface area contributed by atoms with E-state index in [4.69, 9.17) is 32.4 Å². The number of benzene rings is 1. The van der Waals surface area contributed by atoms with E-state index in [0.29, 0.717) is 22.3 Å². The van der Waals surface area contributed by atoms with Crippen LogP contribution < -0.4 is 10.1 Å². The number of rotatable bonds is 5. The Kier molecular flexibility index (Phi) is 4.47. The van der Waals surface area contributed by atoms with Crippen molar-refractivity contribution in [2.24, 2.45) is 0 Å². The average molecular weight is 287 g/mol. The van der Waals surface area contributed by atoms with Gasteiger partial charge in [0.15, 0.2) is 5.75 Å². The molecule has 2 rings (SSSR count). The maximum atomic E-state index is 5.98. The first-order valence-corrected chi connectivity index (χ1v) is 6.22. The first kappa shape index (κ1) is 13.2. The average Bonchev–Trinajstić information content (AvgIpc) is 2.78. The fraction of sp³-hybridized carbons (Fsp3) is 0.250. The molecule has 0 bridgehead atoms. The lowest BCUT2D eigenvalue weighted by Gasteiger charge is -2.02. The van der Waals surface area contributed by atoms with Crippen LogP contribution in [-0.2, 0) is 6.54 Å². The van der Waals surface area contributed by atoms with Gasteiger partial charge in [-0.05, 0) is 24.7 Å². The van der Waals surface area contributed by atoms with Gasteiger partial charge in [-0.1, -0.05) is 30.1 Å². The van der Waals surface area contributed by atoms with Crippen molar-refractivity contribution >= 4 is 23.2 Å². The van der Waals surface area contributed by atoms with Crippen LogP contribution in [0.25, 0.3) is 0 Å². The molecule has 0 saturated heterocycles. The molecule has 96 valence electrons. The molecule has 18 heavy (non-hydrogen) atoms. The first-order valence-electron chi connectivity index (χ1n) is 5.47. The van der Waals surface area contributed by atoms with E-state index in [-0.39, 0.29) is 6.08 Å². The van der Waals surface area contributed by atoms with Crippen molar-refractivity contribution < 1.29 is 9.15 Å². The van der Waals surface area contributed by atoms with Crippen molar-refractivity contribution in [3.8, 4) is 11.8 Å². The SMILES string of the molecule is CCNCc1coc(Oc2ccc(Cl)cc2Cl)n1. The third-order valence-corrected chi connectivity index (χ3v) is 2.71. The lowest BCUT2D eigenvalue weighted by Crippen LogP contribution is -2.11. The highest BCUT2D eigenvalue weighted by molar-refractivity contribution is 6.35. The summed E-state index contributed by atoms with van der Waals surface area (Å²) in [6, 6.07) is 4.95. The Labute approximate surface area is 115 Å². The number of oxazole rings is 1. The molecular weight excluding hydrogens is 275 g/mol. The number of hydrogen-bond donors (Lipinski definition) is 1. The normalized spacial score (nSPS) is 10.6. The second kappa shape index (κ2) is 6.09. The number of nitrogens with one attached hydrogen (secondary N) is 1. The number of hydrogen-bond acceptors (Lipinski definition) is 4. The summed E-state index contributed by atoms with van der Waals surface area (Å²) in [5, 5.41) is 4.10. The second-order valence-electron chi connectivity index (χ2n) is 3.56. The Morgan fingerprint density at radius 1 is 1.39 bits per heavy atom. The molecule has 1 aromatic carbocycles. The summed E-state index contributed by atoms with van der Waals surface area (Å²) in [6.45, 7) is 3.52. The second-order valence-corrected chi connectivity index (χ2v) is 4.41. The predicted molar refractivity (Wildman–Crippen MR) is 70.4 cm³/mol. The van der Waals surface area contributed by atoms with Gasteiger partial charge < -0.3 is 14.5 Å². The van der Waals surface area contributed by atoms with E-state index >= 15 is 0 Å². The van der Waals surface area contributed by atoms with Gasteiger partial charge in [0.2, 0.25) is 0 Å². The maximum Gasteiger partial charge on any atom is 0.399 e. The van der Waals surface area contributed by atoms with Gasteiger partial charge in [0.05, 0.1) is 10.7 Å². The van der Waals surface area contributed by atoms with Crippen molar-refractivity contribution in [1.82, 2.24) is 10.3 Å². The summed E-state index contributed by atoms with van der Waals surface area (Å²) in [5.74, 6) is 0.456. The highest BCUT2D eigenvalue weighted by atomic mass is 35.5. The van der Waals surface area contributed by atoms with Gasteiger partial charge >= 0.3 is 6.08 Å². The summed E-state index contributed by atoms with van der Waals surface area (Å²) < 4.78 is 10.6. The molecule has 0 unspecified atom stereocenters. The van der Waals surface area contributed by atoms with Crippen LogP contribution >= 0.6 is 23.2 Å². The Bertz CT molecular complexity index is 529. The lowest BCUT2D eigenvalue weighted by atomic mass is 10.3. The molecular formula is C12H12Cl2N2O2. The van der Waals surface area contributed by atoms with Crippen LogP contribution in [0.1, 0.15) is 12.6 Å². The number of nitrogens with zero attached hydrogens (tertiary/aromatic N) is 1. The van der Waals surface area contributed by atoms with Crippen LogP contribution in [0, 0.1) is 0 Å². The smallest absolute Gasteiger partial charge is 0.399 e. The summed E-state index contributed by atoms with van der Waals surface area (Å²) >= 11 is 11.8. The fourth-order valence-electron chi connectivity index (χ4n) is 1.32. The third kappa shape index (κ3) is 3.38. The molecule has 0 saturated carbocycles. The molecule has 1 N–H and O–H groups in total. The van der Waals surface area contributed by atoms with Gasteiger partial charge in [0, 0.05) is 11.6 Å². The minimum absolute atomic E-state index is 0.159. The quantitative estimate of drug-likeness (QED) is 0.906. The van der Waals surface area contributed by atoms with Gasteiger partial charge in [-0.2, -0.15) is 4.98 Å².